The van der Waals surface area contributed by atoms with Crippen LogP contribution in [0, 0.1) is 0 Å². The molecule has 0 bridgehead atoms. The third-order valence-electron chi connectivity index (χ3n) is 4.76. The van der Waals surface area contributed by atoms with E-state index in [-0.39, 0.29) is 24.0 Å². The molecule has 0 aliphatic heterocycles. The zero-order valence-electron chi connectivity index (χ0n) is 15.5. The van der Waals surface area contributed by atoms with Crippen molar-refractivity contribution >= 4 is 38.4 Å². The third kappa shape index (κ3) is 4.56. The number of rotatable bonds is 6. The molecule has 0 amide bonds. The summed E-state index contributed by atoms with van der Waals surface area (Å²) in [6, 6.07) is 44.2. The van der Waals surface area contributed by atoms with Gasteiger partial charge in [0.25, 0.3) is 0 Å². The van der Waals surface area contributed by atoms with Crippen LogP contribution in [0.5, 0.6) is 0 Å². The van der Waals surface area contributed by atoms with E-state index in [0.717, 1.165) is 4.54 Å². The molecule has 0 aliphatic rings. The Kier molecular flexibility index (Phi) is 7.84. The molecule has 0 radical (unpaired) electrons. The van der Waals surface area contributed by atoms with Crippen molar-refractivity contribution in [2.24, 2.45) is 0 Å². The molecule has 0 unspecified atom stereocenters. The normalized spacial score (nSPS) is 10.9. The molecule has 28 heavy (non-hydrogen) atoms. The molecule has 0 saturated heterocycles. The van der Waals surface area contributed by atoms with Gasteiger partial charge >= 0.3 is 169 Å². The Morgan fingerprint density at radius 2 is 0.786 bits per heavy atom. The van der Waals surface area contributed by atoms with Gasteiger partial charge in [0.15, 0.2) is 0 Å². The number of hydrogen-bond donors (Lipinski definition) is 0. The molecule has 4 rings (SSSR count). The topological polar surface area (TPSA) is 0 Å². The average Bonchev–Trinajstić information content (AvgIpc) is 2.77. The van der Waals surface area contributed by atoms with E-state index < -0.39 is 13.6 Å². The second-order valence-electron chi connectivity index (χ2n) is 6.40. The number of halogens is 1. The molecule has 4 aromatic rings. The number of benzene rings is 4. The average molecular weight is 556 g/mol. The summed E-state index contributed by atoms with van der Waals surface area (Å²) in [6.45, 7) is 0. The summed E-state index contributed by atoms with van der Waals surface area (Å²) in [5.41, 5.74) is 0. The summed E-state index contributed by atoms with van der Waals surface area (Å²) in [4.78, 5) is 1.34. The van der Waals surface area contributed by atoms with Crippen LogP contribution in [0.2, 0.25) is 0 Å². The van der Waals surface area contributed by atoms with Crippen LogP contribution in [0.15, 0.2) is 126 Å². The summed E-state index contributed by atoms with van der Waals surface area (Å²) in [7, 11) is 0. The first kappa shape index (κ1) is 21.2. The van der Waals surface area contributed by atoms with Crippen molar-refractivity contribution in [3.63, 3.8) is 0 Å². The molecule has 0 aromatic heterocycles. The number of hydrogen-bond acceptors (Lipinski definition) is 1. The van der Waals surface area contributed by atoms with Crippen molar-refractivity contribution in [1.29, 1.82) is 0 Å². The number of thioether (sulfide) groups is 1. The van der Waals surface area contributed by atoms with Crippen LogP contribution in [0.4, 0.5) is 0 Å². The fourth-order valence-electron chi connectivity index (χ4n) is 3.41. The van der Waals surface area contributed by atoms with Crippen LogP contribution in [0.3, 0.4) is 0 Å². The van der Waals surface area contributed by atoms with E-state index in [4.69, 9.17) is 0 Å². The Morgan fingerprint density at radius 3 is 1.14 bits per heavy atom. The van der Waals surface area contributed by atoms with Crippen molar-refractivity contribution < 1.29 is 24.0 Å². The molecule has 0 fully saturated rings. The van der Waals surface area contributed by atoms with E-state index in [2.05, 4.69) is 121 Å². The van der Waals surface area contributed by atoms with Gasteiger partial charge in [0.05, 0.1) is 0 Å². The zero-order chi connectivity index (χ0) is 18.4. The van der Waals surface area contributed by atoms with Crippen LogP contribution < -0.4 is 37.0 Å². The quantitative estimate of drug-likeness (QED) is 0.197. The summed E-state index contributed by atoms with van der Waals surface area (Å²) in [5, 5.41) is 0. The van der Waals surface area contributed by atoms with E-state index in [1.807, 2.05) is 11.8 Å². The van der Waals surface area contributed by atoms with Gasteiger partial charge in [0.1, 0.15) is 0 Å². The summed E-state index contributed by atoms with van der Waals surface area (Å²) >= 11 is -0.616. The molecule has 0 nitrogen and oxygen atoms in total. The Bertz CT molecular complexity index is 864. The van der Waals surface area contributed by atoms with Gasteiger partial charge in [-0.1, -0.05) is 0 Å². The molecule has 0 saturated carbocycles. The summed E-state index contributed by atoms with van der Waals surface area (Å²) in [6.07, 6.45) is 0. The minimum absolute atomic E-state index is 0. The van der Waals surface area contributed by atoms with E-state index >= 15 is 0 Å². The second-order valence-corrected chi connectivity index (χ2v) is 15.7. The molecular formula is C25H22AsIS. The molecule has 4 aromatic carbocycles. The molecule has 0 spiro atoms. The SMILES string of the molecule is [I-].c1ccc(SC[As+](c2ccccc2)(c2ccccc2)c2ccccc2)cc1. The standard InChI is InChI=1S/C25H22AsS.HI/c1-5-13-22(14-6-1)26(23-15-7-2-8-16-23,24-17-9-3-10-18-24)21-27-25-19-11-4-12-20-25;/h1-20H,21H2;1H/q+1;/p-1. The van der Waals surface area contributed by atoms with E-state index in [1.165, 1.54) is 17.9 Å². The van der Waals surface area contributed by atoms with Crippen LogP contribution in [-0.2, 0) is 0 Å². The Labute approximate surface area is 191 Å². The first-order chi connectivity index (χ1) is 13.4. The van der Waals surface area contributed by atoms with Gasteiger partial charge in [0.2, 0.25) is 0 Å². The molecule has 140 valence electrons. The molecule has 3 heteroatoms. The molecule has 0 aliphatic carbocycles. The van der Waals surface area contributed by atoms with Crippen molar-refractivity contribution in [1.82, 2.24) is 0 Å². The van der Waals surface area contributed by atoms with Crippen molar-refractivity contribution in [2.45, 2.75) is 4.90 Å². The summed E-state index contributed by atoms with van der Waals surface area (Å²) in [5.74, 6) is 0. The monoisotopic (exact) mass is 556 g/mol. The Hall–Kier alpha value is -1.48. The minimum atomic E-state index is -2.60. The van der Waals surface area contributed by atoms with Crippen molar-refractivity contribution in [2.75, 3.05) is 4.54 Å². The van der Waals surface area contributed by atoms with Gasteiger partial charge in [-0.25, -0.2) is 0 Å². The van der Waals surface area contributed by atoms with E-state index in [1.54, 1.807) is 0 Å². The summed E-state index contributed by atoms with van der Waals surface area (Å²) < 4.78 is 5.60. The molecular weight excluding hydrogens is 534 g/mol. The van der Waals surface area contributed by atoms with Crippen LogP contribution >= 0.6 is 11.8 Å². The Balaban J connectivity index is 0.00000225. The maximum absolute atomic E-state index is 2.60. The molecule has 0 N–H and O–H groups in total. The molecule has 0 heterocycles. The predicted molar refractivity (Wildman–Crippen MR) is 121 cm³/mol. The van der Waals surface area contributed by atoms with Crippen LogP contribution in [0.25, 0.3) is 0 Å². The van der Waals surface area contributed by atoms with Crippen LogP contribution in [-0.4, -0.2) is 18.1 Å². The first-order valence-corrected chi connectivity index (χ1v) is 14.2. The van der Waals surface area contributed by atoms with Crippen LogP contribution in [0.1, 0.15) is 0 Å². The van der Waals surface area contributed by atoms with Crippen molar-refractivity contribution in [3.8, 4) is 0 Å². The predicted octanol–water partition coefficient (Wildman–Crippen LogP) is 1.49. The fraction of sp³-hybridized carbons (Fsp3) is 0.0400. The van der Waals surface area contributed by atoms with Gasteiger partial charge in [-0.2, -0.15) is 0 Å². The second kappa shape index (κ2) is 10.3. The van der Waals surface area contributed by atoms with E-state index in [0.29, 0.717) is 0 Å². The van der Waals surface area contributed by atoms with Gasteiger partial charge in [0, 0.05) is 0 Å². The van der Waals surface area contributed by atoms with Gasteiger partial charge in [-0.3, -0.25) is 0 Å². The third-order valence-corrected chi connectivity index (χ3v) is 16.6. The van der Waals surface area contributed by atoms with Gasteiger partial charge < -0.3 is 24.0 Å². The molecule has 0 atom stereocenters. The zero-order valence-corrected chi connectivity index (χ0v) is 20.3. The van der Waals surface area contributed by atoms with E-state index in [9.17, 15) is 0 Å². The maximum atomic E-state index is 2.33. The Morgan fingerprint density at radius 1 is 0.464 bits per heavy atom. The first-order valence-electron chi connectivity index (χ1n) is 9.12. The fourth-order valence-corrected chi connectivity index (χ4v) is 15.7. The van der Waals surface area contributed by atoms with Crippen molar-refractivity contribution in [3.05, 3.63) is 121 Å². The van der Waals surface area contributed by atoms with Gasteiger partial charge in [-0.15, -0.1) is 0 Å². The van der Waals surface area contributed by atoms with Gasteiger partial charge in [-0.05, 0) is 0 Å².